The maximum Gasteiger partial charge on any atom is 0.252 e. The Bertz CT molecular complexity index is 1300. The van der Waals surface area contributed by atoms with Gasteiger partial charge in [0.2, 0.25) is 5.91 Å². The SMILES string of the molecule is CC1CC(C)C(CNC(=O)c2cc(-c3cccc(CNCCO)c3)cc3c2cnn3C2CCCC2)C(=O)N1. The summed E-state index contributed by atoms with van der Waals surface area (Å²) < 4.78 is 2.10. The Balaban J connectivity index is 1.47. The molecule has 8 nitrogen and oxygen atoms in total. The standard InChI is InChI=1S/C30H39N5O3/c1-19-12-20(2)34-30(38)26(19)17-32-29(37)25-14-23(22-7-5-6-21(13-22)16-31-10-11-36)15-28-27(25)18-33-35(28)24-8-3-4-9-24/h5-7,13-15,18-20,24,26,31,36H,3-4,8-12,16-17H2,1-2H3,(H,32,37)(H,34,38). The van der Waals surface area contributed by atoms with Crippen LogP contribution in [0.1, 0.15) is 67.9 Å². The first-order chi connectivity index (χ1) is 18.4. The average Bonchev–Trinajstić information content (AvgIpc) is 3.58. The molecule has 2 amide bonds. The third-order valence-electron chi connectivity index (χ3n) is 8.13. The highest BCUT2D eigenvalue weighted by atomic mass is 16.3. The smallest absolute Gasteiger partial charge is 0.252 e. The fourth-order valence-electron chi connectivity index (χ4n) is 6.09. The average molecular weight is 518 g/mol. The Labute approximate surface area is 224 Å². The summed E-state index contributed by atoms with van der Waals surface area (Å²) in [5.41, 5.74) is 4.66. The number of hydrogen-bond donors (Lipinski definition) is 4. The molecule has 202 valence electrons. The van der Waals surface area contributed by atoms with Crippen molar-refractivity contribution in [3.8, 4) is 11.1 Å². The minimum atomic E-state index is -0.238. The molecule has 2 aliphatic rings. The molecule has 5 rings (SSSR count). The van der Waals surface area contributed by atoms with Crippen LogP contribution in [0.25, 0.3) is 22.0 Å². The summed E-state index contributed by atoms with van der Waals surface area (Å²) in [6.45, 7) is 5.71. The lowest BCUT2D eigenvalue weighted by atomic mass is 9.84. The molecule has 3 unspecified atom stereocenters. The maximum atomic E-state index is 13.6. The van der Waals surface area contributed by atoms with E-state index in [4.69, 9.17) is 10.2 Å². The number of aliphatic hydroxyl groups is 1. The molecule has 1 aliphatic heterocycles. The Morgan fingerprint density at radius 2 is 1.97 bits per heavy atom. The van der Waals surface area contributed by atoms with E-state index in [0.717, 1.165) is 46.9 Å². The van der Waals surface area contributed by atoms with Gasteiger partial charge in [-0.2, -0.15) is 5.10 Å². The lowest BCUT2D eigenvalue weighted by Crippen LogP contribution is -2.50. The van der Waals surface area contributed by atoms with Gasteiger partial charge < -0.3 is 21.1 Å². The number of fused-ring (bicyclic) bond motifs is 1. The fraction of sp³-hybridized carbons (Fsp3) is 0.500. The van der Waals surface area contributed by atoms with Crippen LogP contribution in [-0.4, -0.2) is 52.4 Å². The van der Waals surface area contributed by atoms with E-state index in [2.05, 4.69) is 51.8 Å². The summed E-state index contributed by atoms with van der Waals surface area (Å²) in [5, 5.41) is 24.0. The number of carbonyl (C=O) groups is 2. The molecule has 0 radical (unpaired) electrons. The van der Waals surface area contributed by atoms with E-state index in [1.807, 2.05) is 25.3 Å². The van der Waals surface area contributed by atoms with E-state index in [1.54, 1.807) is 0 Å². The van der Waals surface area contributed by atoms with Gasteiger partial charge in [0.05, 0.1) is 35.8 Å². The molecule has 0 bridgehead atoms. The van der Waals surface area contributed by atoms with Gasteiger partial charge in [0.1, 0.15) is 0 Å². The number of hydrogen-bond acceptors (Lipinski definition) is 5. The molecule has 2 heterocycles. The van der Waals surface area contributed by atoms with Gasteiger partial charge in [0, 0.05) is 31.1 Å². The molecule has 1 aromatic heterocycles. The Kier molecular flexibility index (Phi) is 8.09. The number of aromatic nitrogens is 2. The number of rotatable bonds is 9. The van der Waals surface area contributed by atoms with E-state index in [9.17, 15) is 9.59 Å². The highest BCUT2D eigenvalue weighted by molar-refractivity contribution is 6.08. The third kappa shape index (κ3) is 5.61. The minimum Gasteiger partial charge on any atom is -0.395 e. The zero-order valence-corrected chi connectivity index (χ0v) is 22.4. The molecule has 2 aromatic carbocycles. The molecule has 1 aliphatic carbocycles. The van der Waals surface area contributed by atoms with Gasteiger partial charge in [0.25, 0.3) is 5.91 Å². The molecule has 1 saturated carbocycles. The normalized spacial score (nSPS) is 22.1. The van der Waals surface area contributed by atoms with Crippen LogP contribution in [0.4, 0.5) is 0 Å². The molecule has 1 saturated heterocycles. The van der Waals surface area contributed by atoms with E-state index in [-0.39, 0.29) is 36.3 Å². The number of nitrogens with zero attached hydrogens (tertiary/aromatic N) is 2. The van der Waals surface area contributed by atoms with Crippen molar-refractivity contribution in [3.05, 3.63) is 53.7 Å². The molecule has 2 fully saturated rings. The van der Waals surface area contributed by atoms with Gasteiger partial charge in [-0.05, 0) is 67.0 Å². The zero-order chi connectivity index (χ0) is 26.6. The van der Waals surface area contributed by atoms with Crippen LogP contribution in [-0.2, 0) is 11.3 Å². The number of amides is 2. The van der Waals surface area contributed by atoms with Crippen LogP contribution in [0.2, 0.25) is 0 Å². The second kappa shape index (κ2) is 11.7. The molecule has 0 spiro atoms. The monoisotopic (exact) mass is 517 g/mol. The van der Waals surface area contributed by atoms with Gasteiger partial charge in [0.15, 0.2) is 0 Å². The largest absolute Gasteiger partial charge is 0.395 e. The summed E-state index contributed by atoms with van der Waals surface area (Å²) in [7, 11) is 0. The Morgan fingerprint density at radius 1 is 1.16 bits per heavy atom. The van der Waals surface area contributed by atoms with Crippen molar-refractivity contribution >= 4 is 22.7 Å². The van der Waals surface area contributed by atoms with Gasteiger partial charge in [-0.15, -0.1) is 0 Å². The lowest BCUT2D eigenvalue weighted by molar-refractivity contribution is -0.129. The van der Waals surface area contributed by atoms with Crippen LogP contribution in [0, 0.1) is 11.8 Å². The van der Waals surface area contributed by atoms with Gasteiger partial charge in [-0.25, -0.2) is 0 Å². The first-order valence-electron chi connectivity index (χ1n) is 14.0. The number of aliphatic hydroxyl groups excluding tert-OH is 1. The van der Waals surface area contributed by atoms with Crippen LogP contribution in [0.15, 0.2) is 42.6 Å². The molecular formula is C30H39N5O3. The van der Waals surface area contributed by atoms with E-state index >= 15 is 0 Å². The summed E-state index contributed by atoms with van der Waals surface area (Å²) in [4.78, 5) is 26.2. The van der Waals surface area contributed by atoms with E-state index in [1.165, 1.54) is 12.8 Å². The van der Waals surface area contributed by atoms with Crippen molar-refractivity contribution < 1.29 is 14.7 Å². The predicted molar refractivity (Wildman–Crippen MR) is 149 cm³/mol. The highest BCUT2D eigenvalue weighted by Gasteiger charge is 2.32. The van der Waals surface area contributed by atoms with E-state index in [0.29, 0.717) is 31.2 Å². The fourth-order valence-corrected chi connectivity index (χ4v) is 6.09. The van der Waals surface area contributed by atoms with Crippen LogP contribution in [0.5, 0.6) is 0 Å². The number of nitrogens with one attached hydrogen (secondary N) is 3. The summed E-state index contributed by atoms with van der Waals surface area (Å²) in [6.07, 6.45) is 7.32. The molecule has 4 N–H and O–H groups in total. The molecule has 38 heavy (non-hydrogen) atoms. The summed E-state index contributed by atoms with van der Waals surface area (Å²) in [6, 6.07) is 12.9. The van der Waals surface area contributed by atoms with E-state index < -0.39 is 0 Å². The minimum absolute atomic E-state index is 0.0103. The van der Waals surface area contributed by atoms with Crippen LogP contribution in [0.3, 0.4) is 0 Å². The summed E-state index contributed by atoms with van der Waals surface area (Å²) >= 11 is 0. The van der Waals surface area contributed by atoms with Crippen molar-refractivity contribution in [1.82, 2.24) is 25.7 Å². The van der Waals surface area contributed by atoms with Crippen molar-refractivity contribution in [2.24, 2.45) is 11.8 Å². The van der Waals surface area contributed by atoms with Gasteiger partial charge in [-0.1, -0.05) is 38.0 Å². The predicted octanol–water partition coefficient (Wildman–Crippen LogP) is 3.79. The zero-order valence-electron chi connectivity index (χ0n) is 22.4. The number of carbonyl (C=O) groups excluding carboxylic acids is 2. The second-order valence-corrected chi connectivity index (χ2v) is 11.0. The Morgan fingerprint density at radius 3 is 2.74 bits per heavy atom. The first-order valence-corrected chi connectivity index (χ1v) is 14.0. The molecular weight excluding hydrogens is 478 g/mol. The third-order valence-corrected chi connectivity index (χ3v) is 8.13. The van der Waals surface area contributed by atoms with Crippen molar-refractivity contribution in [2.75, 3.05) is 19.7 Å². The van der Waals surface area contributed by atoms with Crippen molar-refractivity contribution in [2.45, 2.75) is 64.6 Å². The van der Waals surface area contributed by atoms with Crippen LogP contribution >= 0.6 is 0 Å². The highest BCUT2D eigenvalue weighted by Crippen LogP contribution is 2.35. The second-order valence-electron chi connectivity index (χ2n) is 11.0. The van der Waals surface area contributed by atoms with Gasteiger partial charge >= 0.3 is 0 Å². The molecule has 8 heteroatoms. The lowest BCUT2D eigenvalue weighted by Gasteiger charge is -2.32. The van der Waals surface area contributed by atoms with Crippen molar-refractivity contribution in [1.29, 1.82) is 0 Å². The van der Waals surface area contributed by atoms with Crippen LogP contribution < -0.4 is 16.0 Å². The molecule has 3 aromatic rings. The number of piperidine rings is 1. The molecule has 3 atom stereocenters. The Hall–Kier alpha value is -3.23. The van der Waals surface area contributed by atoms with Crippen molar-refractivity contribution in [3.63, 3.8) is 0 Å². The first kappa shape index (κ1) is 26.4. The van der Waals surface area contributed by atoms with Gasteiger partial charge in [-0.3, -0.25) is 14.3 Å². The number of benzene rings is 2. The summed E-state index contributed by atoms with van der Waals surface area (Å²) in [5.74, 6) is -0.200. The maximum absolute atomic E-state index is 13.6. The quantitative estimate of drug-likeness (QED) is 0.323. The topological polar surface area (TPSA) is 108 Å².